The molecule has 1 aliphatic rings. The van der Waals surface area contributed by atoms with E-state index in [0.29, 0.717) is 6.01 Å². The molecule has 1 N–H and O–H groups in total. The summed E-state index contributed by atoms with van der Waals surface area (Å²) in [6.45, 7) is 4.81. The summed E-state index contributed by atoms with van der Waals surface area (Å²) in [4.78, 5) is 15.0. The first kappa shape index (κ1) is 18.3. The van der Waals surface area contributed by atoms with Gasteiger partial charge in [-0.3, -0.25) is 0 Å². The van der Waals surface area contributed by atoms with Crippen molar-refractivity contribution in [3.05, 3.63) is 72.2 Å². The van der Waals surface area contributed by atoms with Crippen molar-refractivity contribution in [3.63, 3.8) is 0 Å². The highest BCUT2D eigenvalue weighted by atomic mass is 16.5. The summed E-state index contributed by atoms with van der Waals surface area (Å²) in [6, 6.07) is 14.2. The van der Waals surface area contributed by atoms with E-state index in [0.717, 1.165) is 51.0 Å². The second-order valence-corrected chi connectivity index (χ2v) is 6.47. The molecule has 1 aliphatic heterocycles. The summed E-state index contributed by atoms with van der Waals surface area (Å²) in [5.41, 5.74) is 2.38. The Morgan fingerprint density at radius 2 is 1.64 bits per heavy atom. The molecule has 7 nitrogen and oxygen atoms in total. The third-order valence-electron chi connectivity index (χ3n) is 4.50. The molecule has 0 spiro atoms. The quantitative estimate of drug-likeness (QED) is 0.679. The molecule has 144 valence electrons. The number of ether oxygens (including phenoxy) is 2. The summed E-state index contributed by atoms with van der Waals surface area (Å²) in [6.07, 6.45) is 5.16. The number of morpholine rings is 1. The van der Waals surface area contributed by atoms with E-state index in [1.54, 1.807) is 18.5 Å². The van der Waals surface area contributed by atoms with Crippen LogP contribution >= 0.6 is 0 Å². The van der Waals surface area contributed by atoms with Gasteiger partial charge in [0.15, 0.2) is 0 Å². The first-order valence-electron chi connectivity index (χ1n) is 9.39. The summed E-state index contributed by atoms with van der Waals surface area (Å²) in [5, 5.41) is 3.50. The minimum atomic E-state index is 0.348. The van der Waals surface area contributed by atoms with Gasteiger partial charge in [-0.15, -0.1) is 0 Å². The van der Waals surface area contributed by atoms with E-state index >= 15 is 0 Å². The lowest BCUT2D eigenvalue weighted by Crippen LogP contribution is -2.37. The third-order valence-corrected chi connectivity index (χ3v) is 4.50. The van der Waals surface area contributed by atoms with Gasteiger partial charge in [0, 0.05) is 50.3 Å². The lowest BCUT2D eigenvalue weighted by atomic mass is 10.2. The van der Waals surface area contributed by atoms with E-state index in [4.69, 9.17) is 9.47 Å². The number of hydrogen-bond acceptors (Lipinski definition) is 7. The van der Waals surface area contributed by atoms with Gasteiger partial charge < -0.3 is 19.7 Å². The van der Waals surface area contributed by atoms with Gasteiger partial charge in [-0.25, -0.2) is 15.0 Å². The highest BCUT2D eigenvalue weighted by Gasteiger charge is 2.15. The number of benzene rings is 1. The Kier molecular flexibility index (Phi) is 6.06. The second-order valence-electron chi connectivity index (χ2n) is 6.47. The minimum Gasteiger partial charge on any atom is -0.424 e. The van der Waals surface area contributed by atoms with Crippen molar-refractivity contribution in [1.29, 1.82) is 0 Å². The molecule has 1 fully saturated rings. The van der Waals surface area contributed by atoms with Crippen molar-refractivity contribution < 1.29 is 9.47 Å². The summed E-state index contributed by atoms with van der Waals surface area (Å²) in [7, 11) is 0. The average Bonchev–Trinajstić information content (AvgIpc) is 2.77. The molecule has 0 atom stereocenters. The van der Waals surface area contributed by atoms with Crippen molar-refractivity contribution in [2.45, 2.75) is 13.1 Å². The zero-order chi connectivity index (χ0) is 19.0. The molecule has 28 heavy (non-hydrogen) atoms. The van der Waals surface area contributed by atoms with E-state index in [1.807, 2.05) is 36.5 Å². The summed E-state index contributed by atoms with van der Waals surface area (Å²) >= 11 is 0. The van der Waals surface area contributed by atoms with Crippen molar-refractivity contribution in [2.24, 2.45) is 0 Å². The maximum atomic E-state index is 5.62. The van der Waals surface area contributed by atoms with E-state index in [1.165, 1.54) is 11.1 Å². The Bertz CT molecular complexity index is 867. The third kappa shape index (κ3) is 4.82. The Balaban J connectivity index is 1.32. The van der Waals surface area contributed by atoms with Gasteiger partial charge in [0.2, 0.25) is 0 Å². The molecular formula is C21H23N5O2. The first-order chi connectivity index (χ1) is 13.9. The molecule has 1 aromatic carbocycles. The number of pyridine rings is 1. The lowest BCUT2D eigenvalue weighted by molar-refractivity contribution is 0.122. The van der Waals surface area contributed by atoms with Crippen LogP contribution in [-0.4, -0.2) is 41.3 Å². The maximum Gasteiger partial charge on any atom is 0.321 e. The SMILES string of the molecule is c1cnc(Oc2ccc(CNCc3cccnc3N3CCOCC3)cc2)nc1. The fraction of sp³-hybridized carbons (Fsp3) is 0.286. The molecule has 0 aliphatic carbocycles. The monoisotopic (exact) mass is 377 g/mol. The van der Waals surface area contributed by atoms with Gasteiger partial charge in [0.25, 0.3) is 0 Å². The molecule has 0 unspecified atom stereocenters. The minimum absolute atomic E-state index is 0.348. The van der Waals surface area contributed by atoms with Crippen molar-refractivity contribution in [3.8, 4) is 11.8 Å². The van der Waals surface area contributed by atoms with Gasteiger partial charge in [-0.1, -0.05) is 18.2 Å². The van der Waals surface area contributed by atoms with Crippen LogP contribution < -0.4 is 15.0 Å². The fourth-order valence-electron chi connectivity index (χ4n) is 3.09. The van der Waals surface area contributed by atoms with Crippen LogP contribution in [0.25, 0.3) is 0 Å². The first-order valence-corrected chi connectivity index (χ1v) is 9.39. The zero-order valence-electron chi connectivity index (χ0n) is 15.6. The van der Waals surface area contributed by atoms with Crippen LogP contribution in [0.15, 0.2) is 61.1 Å². The van der Waals surface area contributed by atoms with E-state index in [-0.39, 0.29) is 0 Å². The van der Waals surface area contributed by atoms with Crippen LogP contribution in [0.5, 0.6) is 11.8 Å². The largest absolute Gasteiger partial charge is 0.424 e. The van der Waals surface area contributed by atoms with Crippen LogP contribution in [-0.2, 0) is 17.8 Å². The normalized spacial score (nSPS) is 14.1. The topological polar surface area (TPSA) is 72.4 Å². The Morgan fingerprint density at radius 1 is 0.893 bits per heavy atom. The predicted molar refractivity (Wildman–Crippen MR) is 106 cm³/mol. The van der Waals surface area contributed by atoms with E-state index < -0.39 is 0 Å². The second kappa shape index (κ2) is 9.25. The van der Waals surface area contributed by atoms with Crippen LogP contribution in [0, 0.1) is 0 Å². The summed E-state index contributed by atoms with van der Waals surface area (Å²) in [5.74, 6) is 1.77. The standard InChI is InChI=1S/C21H23N5O2/c1-3-18(20(23-8-1)26-11-13-27-14-12-26)16-22-15-17-4-6-19(7-5-17)28-21-24-9-2-10-25-21/h1-10,22H,11-16H2. The van der Waals surface area contributed by atoms with Gasteiger partial charge in [-0.2, -0.15) is 0 Å². The molecule has 0 radical (unpaired) electrons. The average molecular weight is 377 g/mol. The number of nitrogens with zero attached hydrogens (tertiary/aromatic N) is 4. The maximum absolute atomic E-state index is 5.62. The molecule has 3 aromatic rings. The fourth-order valence-corrected chi connectivity index (χ4v) is 3.09. The Labute approximate surface area is 164 Å². The van der Waals surface area contributed by atoms with Gasteiger partial charge >= 0.3 is 6.01 Å². The lowest BCUT2D eigenvalue weighted by Gasteiger charge is -2.29. The Hall–Kier alpha value is -3.03. The van der Waals surface area contributed by atoms with E-state index in [2.05, 4.69) is 31.2 Å². The molecule has 3 heterocycles. The zero-order valence-corrected chi connectivity index (χ0v) is 15.6. The summed E-state index contributed by atoms with van der Waals surface area (Å²) < 4.78 is 11.1. The van der Waals surface area contributed by atoms with E-state index in [9.17, 15) is 0 Å². The highest BCUT2D eigenvalue weighted by Crippen LogP contribution is 2.19. The number of hydrogen-bond donors (Lipinski definition) is 1. The van der Waals surface area contributed by atoms with Crippen molar-refractivity contribution >= 4 is 5.82 Å². The number of aromatic nitrogens is 3. The van der Waals surface area contributed by atoms with Crippen LogP contribution in [0.3, 0.4) is 0 Å². The van der Waals surface area contributed by atoms with Crippen LogP contribution in [0.2, 0.25) is 0 Å². The molecule has 0 saturated carbocycles. The van der Waals surface area contributed by atoms with Crippen molar-refractivity contribution in [1.82, 2.24) is 20.3 Å². The van der Waals surface area contributed by atoms with Gasteiger partial charge in [0.1, 0.15) is 11.6 Å². The molecule has 2 aromatic heterocycles. The van der Waals surface area contributed by atoms with Crippen molar-refractivity contribution in [2.75, 3.05) is 31.2 Å². The number of rotatable bonds is 7. The van der Waals surface area contributed by atoms with Crippen LogP contribution in [0.1, 0.15) is 11.1 Å². The van der Waals surface area contributed by atoms with Gasteiger partial charge in [-0.05, 0) is 29.8 Å². The smallest absolute Gasteiger partial charge is 0.321 e. The molecule has 0 bridgehead atoms. The van der Waals surface area contributed by atoms with Crippen LogP contribution in [0.4, 0.5) is 5.82 Å². The highest BCUT2D eigenvalue weighted by molar-refractivity contribution is 5.47. The number of anilines is 1. The molecule has 7 heteroatoms. The molecule has 0 amide bonds. The molecule has 1 saturated heterocycles. The number of nitrogens with one attached hydrogen (secondary N) is 1. The molecule has 4 rings (SSSR count). The Morgan fingerprint density at radius 3 is 2.43 bits per heavy atom. The van der Waals surface area contributed by atoms with Gasteiger partial charge in [0.05, 0.1) is 13.2 Å². The molecular weight excluding hydrogens is 354 g/mol. The predicted octanol–water partition coefficient (Wildman–Crippen LogP) is 2.79.